The van der Waals surface area contributed by atoms with Crippen LogP contribution in [-0.4, -0.2) is 68.0 Å². The number of carbonyl (C=O) groups is 1. The summed E-state index contributed by atoms with van der Waals surface area (Å²) >= 11 is 6.26. The molecule has 0 bridgehead atoms. The Morgan fingerprint density at radius 1 is 1.19 bits per heavy atom. The molecule has 1 aromatic carbocycles. The molecule has 0 saturated carbocycles. The van der Waals surface area contributed by atoms with Crippen LogP contribution >= 0.6 is 11.6 Å². The molecule has 2 heterocycles. The van der Waals surface area contributed by atoms with Gasteiger partial charge >= 0.3 is 0 Å². The highest BCUT2D eigenvalue weighted by Crippen LogP contribution is 2.35. The molecule has 6 nitrogen and oxygen atoms in total. The monoisotopic (exact) mass is 447 g/mol. The van der Waals surface area contributed by atoms with Gasteiger partial charge in [-0.05, 0) is 76.2 Å². The van der Waals surface area contributed by atoms with E-state index in [-0.39, 0.29) is 5.91 Å². The first-order valence-electron chi connectivity index (χ1n) is 11.7. The summed E-state index contributed by atoms with van der Waals surface area (Å²) in [6, 6.07) is 8.92. The standard InChI is InChI=1S/C24H38ClN5O/c1-18-8-4-5-15-30(18)22(31)12-13-27-24(26-2)28-17-20-10-7-14-29(3)23(20)19-9-6-11-21(25)16-19/h6,9,11,16,18,20,23H,4-5,7-8,10,12-15,17H2,1-3H3,(H2,26,27,28). The lowest BCUT2D eigenvalue weighted by molar-refractivity contribution is -0.134. The molecule has 3 rings (SSSR count). The summed E-state index contributed by atoms with van der Waals surface area (Å²) in [6.45, 7) is 5.58. The van der Waals surface area contributed by atoms with E-state index < -0.39 is 0 Å². The predicted molar refractivity (Wildman–Crippen MR) is 129 cm³/mol. The van der Waals surface area contributed by atoms with Crippen LogP contribution < -0.4 is 10.6 Å². The van der Waals surface area contributed by atoms with Gasteiger partial charge in [-0.1, -0.05) is 23.7 Å². The second-order valence-electron chi connectivity index (χ2n) is 8.94. The van der Waals surface area contributed by atoms with Crippen molar-refractivity contribution in [1.82, 2.24) is 20.4 Å². The van der Waals surface area contributed by atoms with Crippen LogP contribution in [-0.2, 0) is 4.79 Å². The van der Waals surface area contributed by atoms with E-state index in [1.54, 1.807) is 7.05 Å². The van der Waals surface area contributed by atoms with Crippen LogP contribution in [0.25, 0.3) is 0 Å². The predicted octanol–water partition coefficient (Wildman–Crippen LogP) is 3.68. The number of rotatable bonds is 6. The van der Waals surface area contributed by atoms with Crippen molar-refractivity contribution < 1.29 is 4.79 Å². The number of aliphatic imine (C=N–C) groups is 1. The van der Waals surface area contributed by atoms with E-state index in [1.807, 2.05) is 17.0 Å². The van der Waals surface area contributed by atoms with Crippen LogP contribution in [0.4, 0.5) is 0 Å². The second kappa shape index (κ2) is 11.7. The van der Waals surface area contributed by atoms with Crippen molar-refractivity contribution in [2.75, 3.05) is 40.3 Å². The van der Waals surface area contributed by atoms with Crippen LogP contribution in [0, 0.1) is 5.92 Å². The van der Waals surface area contributed by atoms with Gasteiger partial charge in [0.1, 0.15) is 0 Å². The van der Waals surface area contributed by atoms with Crippen molar-refractivity contribution in [3.8, 4) is 0 Å². The highest BCUT2D eigenvalue weighted by Gasteiger charge is 2.30. The molecule has 0 aromatic heterocycles. The van der Waals surface area contributed by atoms with Gasteiger partial charge in [-0.2, -0.15) is 0 Å². The normalized spacial score (nSPS) is 25.4. The topological polar surface area (TPSA) is 60.0 Å². The summed E-state index contributed by atoms with van der Waals surface area (Å²) in [6.07, 6.45) is 6.32. The van der Waals surface area contributed by atoms with Gasteiger partial charge in [-0.15, -0.1) is 0 Å². The van der Waals surface area contributed by atoms with E-state index in [1.165, 1.54) is 18.4 Å². The average molecular weight is 448 g/mol. The lowest BCUT2D eigenvalue weighted by atomic mass is 9.85. The first-order chi connectivity index (χ1) is 15.0. The molecule has 172 valence electrons. The molecule has 0 spiro atoms. The summed E-state index contributed by atoms with van der Waals surface area (Å²) in [4.78, 5) is 21.4. The van der Waals surface area contributed by atoms with E-state index in [0.29, 0.717) is 31.0 Å². The number of halogens is 1. The molecule has 2 aliphatic rings. The van der Waals surface area contributed by atoms with Crippen LogP contribution in [0.3, 0.4) is 0 Å². The Bertz CT molecular complexity index is 755. The van der Waals surface area contributed by atoms with E-state index in [2.05, 4.69) is 46.6 Å². The fourth-order valence-electron chi connectivity index (χ4n) is 5.04. The molecule has 2 saturated heterocycles. The Morgan fingerprint density at radius 2 is 2.03 bits per heavy atom. The molecule has 2 aliphatic heterocycles. The van der Waals surface area contributed by atoms with Crippen molar-refractivity contribution in [2.45, 2.75) is 57.5 Å². The maximum atomic E-state index is 12.6. The van der Waals surface area contributed by atoms with Gasteiger partial charge < -0.3 is 15.5 Å². The highest BCUT2D eigenvalue weighted by atomic mass is 35.5. The van der Waals surface area contributed by atoms with Gasteiger partial charge in [-0.3, -0.25) is 14.7 Å². The molecular weight excluding hydrogens is 410 g/mol. The van der Waals surface area contributed by atoms with Crippen LogP contribution in [0.5, 0.6) is 0 Å². The number of hydrogen-bond acceptors (Lipinski definition) is 3. The van der Waals surface area contributed by atoms with Crippen molar-refractivity contribution in [3.63, 3.8) is 0 Å². The molecule has 3 atom stereocenters. The molecule has 1 amide bonds. The van der Waals surface area contributed by atoms with Gasteiger partial charge in [0, 0.05) is 50.2 Å². The lowest BCUT2D eigenvalue weighted by Crippen LogP contribution is -2.46. The molecule has 7 heteroatoms. The Hall–Kier alpha value is -1.79. The van der Waals surface area contributed by atoms with Crippen molar-refractivity contribution in [1.29, 1.82) is 0 Å². The third-order valence-electron chi connectivity index (χ3n) is 6.71. The summed E-state index contributed by atoms with van der Waals surface area (Å²) < 4.78 is 0. The number of nitrogens with one attached hydrogen (secondary N) is 2. The number of guanidine groups is 1. The Labute approximate surface area is 192 Å². The fraction of sp³-hybridized carbons (Fsp3) is 0.667. The zero-order chi connectivity index (χ0) is 22.2. The Morgan fingerprint density at radius 3 is 2.77 bits per heavy atom. The SMILES string of the molecule is CN=C(NCCC(=O)N1CCCCC1C)NCC1CCCN(C)C1c1cccc(Cl)c1. The van der Waals surface area contributed by atoms with Crippen molar-refractivity contribution in [2.24, 2.45) is 10.9 Å². The van der Waals surface area contributed by atoms with E-state index in [0.717, 1.165) is 49.9 Å². The highest BCUT2D eigenvalue weighted by molar-refractivity contribution is 6.30. The number of piperidine rings is 2. The Balaban J connectivity index is 1.50. The Kier molecular flexibility index (Phi) is 9.02. The molecule has 31 heavy (non-hydrogen) atoms. The largest absolute Gasteiger partial charge is 0.356 e. The van der Waals surface area contributed by atoms with Gasteiger partial charge in [-0.25, -0.2) is 0 Å². The molecule has 2 fully saturated rings. The summed E-state index contributed by atoms with van der Waals surface area (Å²) in [5.74, 6) is 1.47. The summed E-state index contributed by atoms with van der Waals surface area (Å²) in [5.41, 5.74) is 1.27. The molecule has 0 aliphatic carbocycles. The maximum Gasteiger partial charge on any atom is 0.224 e. The first-order valence-corrected chi connectivity index (χ1v) is 12.1. The number of carbonyl (C=O) groups excluding carboxylic acids is 1. The van der Waals surface area contributed by atoms with Gasteiger partial charge in [0.15, 0.2) is 5.96 Å². The zero-order valence-corrected chi connectivity index (χ0v) is 20.0. The van der Waals surface area contributed by atoms with Crippen molar-refractivity contribution >= 4 is 23.5 Å². The summed E-state index contributed by atoms with van der Waals surface area (Å²) in [7, 11) is 3.98. The minimum Gasteiger partial charge on any atom is -0.356 e. The van der Waals surface area contributed by atoms with E-state index in [4.69, 9.17) is 11.6 Å². The van der Waals surface area contributed by atoms with Crippen LogP contribution in [0.1, 0.15) is 57.1 Å². The number of hydrogen-bond donors (Lipinski definition) is 2. The molecule has 3 unspecified atom stereocenters. The minimum atomic E-state index is 0.241. The number of likely N-dealkylation sites (tertiary alicyclic amines) is 2. The van der Waals surface area contributed by atoms with Crippen LogP contribution in [0.2, 0.25) is 5.02 Å². The third kappa shape index (κ3) is 6.59. The molecule has 0 radical (unpaired) electrons. The summed E-state index contributed by atoms with van der Waals surface area (Å²) in [5, 5.41) is 7.60. The van der Waals surface area contributed by atoms with Crippen LogP contribution in [0.15, 0.2) is 29.3 Å². The number of amides is 1. The fourth-order valence-corrected chi connectivity index (χ4v) is 5.24. The number of nitrogens with zero attached hydrogens (tertiary/aromatic N) is 3. The average Bonchev–Trinajstić information content (AvgIpc) is 2.76. The van der Waals surface area contributed by atoms with Gasteiger partial charge in [0.2, 0.25) is 5.91 Å². The van der Waals surface area contributed by atoms with E-state index in [9.17, 15) is 4.79 Å². The minimum absolute atomic E-state index is 0.241. The quantitative estimate of drug-likeness (QED) is 0.516. The van der Waals surface area contributed by atoms with Crippen molar-refractivity contribution in [3.05, 3.63) is 34.9 Å². The van der Waals surface area contributed by atoms with Gasteiger partial charge in [0.25, 0.3) is 0 Å². The lowest BCUT2D eigenvalue weighted by Gasteiger charge is -2.40. The second-order valence-corrected chi connectivity index (χ2v) is 9.38. The smallest absolute Gasteiger partial charge is 0.224 e. The molecule has 1 aromatic rings. The van der Waals surface area contributed by atoms with E-state index >= 15 is 0 Å². The molecular formula is C24H38ClN5O. The third-order valence-corrected chi connectivity index (χ3v) is 6.94. The first kappa shape index (κ1) is 23.9. The van der Waals surface area contributed by atoms with Gasteiger partial charge in [0.05, 0.1) is 0 Å². The number of benzene rings is 1. The molecule has 2 N–H and O–H groups in total. The maximum absolute atomic E-state index is 12.6. The zero-order valence-electron chi connectivity index (χ0n) is 19.2.